The van der Waals surface area contributed by atoms with Crippen LogP contribution in [-0.2, 0) is 4.79 Å². The van der Waals surface area contributed by atoms with Gasteiger partial charge in [0.05, 0.1) is 11.6 Å². The highest BCUT2D eigenvalue weighted by Gasteiger charge is 2.29. The van der Waals surface area contributed by atoms with Crippen LogP contribution in [0, 0.1) is 19.8 Å². The molecule has 0 saturated carbocycles. The van der Waals surface area contributed by atoms with Crippen molar-refractivity contribution in [3.05, 3.63) is 46.3 Å². The number of piperidine rings is 1. The quantitative estimate of drug-likeness (QED) is 0.691. The maximum Gasteiger partial charge on any atom is 0.254 e. The second-order valence-electron chi connectivity index (χ2n) is 6.87. The van der Waals surface area contributed by atoms with E-state index in [9.17, 15) is 4.79 Å². The number of anilines is 2. The molecule has 0 radical (unpaired) electrons. The number of benzene rings is 1. The zero-order valence-electron chi connectivity index (χ0n) is 15.3. The van der Waals surface area contributed by atoms with Crippen LogP contribution in [0.2, 0.25) is 0 Å². The van der Waals surface area contributed by atoms with Crippen LogP contribution in [0.3, 0.4) is 0 Å². The van der Waals surface area contributed by atoms with Crippen molar-refractivity contribution in [3.63, 3.8) is 0 Å². The lowest BCUT2D eigenvalue weighted by molar-refractivity contribution is -0.120. The van der Waals surface area contributed by atoms with Gasteiger partial charge >= 0.3 is 0 Å². The molecule has 140 valence electrons. The number of para-hydroxylation sites is 1. The lowest BCUT2D eigenvalue weighted by atomic mass is 9.96. The number of amides is 1. The lowest BCUT2D eigenvalue weighted by Gasteiger charge is -2.34. The Morgan fingerprint density at radius 3 is 2.93 bits per heavy atom. The van der Waals surface area contributed by atoms with E-state index in [1.807, 2.05) is 38.1 Å². The molecule has 27 heavy (non-hydrogen) atoms. The van der Waals surface area contributed by atoms with E-state index in [0.29, 0.717) is 12.3 Å². The summed E-state index contributed by atoms with van der Waals surface area (Å²) >= 11 is 3.49. The van der Waals surface area contributed by atoms with Gasteiger partial charge in [-0.25, -0.2) is 4.98 Å². The number of hydrogen-bond acceptors (Lipinski definition) is 5. The Bertz CT molecular complexity index is 1000. The van der Waals surface area contributed by atoms with Crippen molar-refractivity contribution < 1.29 is 4.79 Å². The van der Waals surface area contributed by atoms with Crippen LogP contribution in [0.15, 0.2) is 35.1 Å². The van der Waals surface area contributed by atoms with Crippen LogP contribution >= 0.6 is 15.9 Å². The van der Waals surface area contributed by atoms with Gasteiger partial charge in [0.25, 0.3) is 5.78 Å². The first kappa shape index (κ1) is 17.9. The number of carbonyl (C=O) groups excluding carboxylic acids is 1. The van der Waals surface area contributed by atoms with E-state index >= 15 is 0 Å². The maximum absolute atomic E-state index is 12.9. The molecular formula is C19H21BrN6O. The van der Waals surface area contributed by atoms with Crippen LogP contribution < -0.4 is 10.2 Å². The van der Waals surface area contributed by atoms with Crippen molar-refractivity contribution in [1.82, 2.24) is 19.6 Å². The molecule has 1 aliphatic heterocycles. The summed E-state index contributed by atoms with van der Waals surface area (Å²) in [4.78, 5) is 23.8. The van der Waals surface area contributed by atoms with Gasteiger partial charge in [-0.05, 0) is 54.8 Å². The number of carbonyl (C=O) groups is 1. The van der Waals surface area contributed by atoms with Crippen molar-refractivity contribution in [2.75, 3.05) is 23.3 Å². The van der Waals surface area contributed by atoms with E-state index in [1.54, 1.807) is 4.52 Å². The van der Waals surface area contributed by atoms with Gasteiger partial charge in [-0.3, -0.25) is 4.79 Å². The Kier molecular flexibility index (Phi) is 4.82. The number of rotatable bonds is 3. The fourth-order valence-electron chi connectivity index (χ4n) is 3.57. The molecule has 4 rings (SSSR count). The Labute approximate surface area is 165 Å². The van der Waals surface area contributed by atoms with Crippen molar-refractivity contribution in [1.29, 1.82) is 0 Å². The second kappa shape index (κ2) is 7.26. The Morgan fingerprint density at radius 1 is 1.30 bits per heavy atom. The summed E-state index contributed by atoms with van der Waals surface area (Å²) < 4.78 is 2.66. The van der Waals surface area contributed by atoms with Gasteiger partial charge in [0.2, 0.25) is 5.91 Å². The third kappa shape index (κ3) is 3.41. The molecule has 1 aliphatic rings. The van der Waals surface area contributed by atoms with Crippen molar-refractivity contribution >= 4 is 39.1 Å². The van der Waals surface area contributed by atoms with Gasteiger partial charge in [-0.15, -0.1) is 0 Å². The van der Waals surface area contributed by atoms with Crippen LogP contribution in [-0.4, -0.2) is 38.6 Å². The number of fused-ring (bicyclic) bond motifs is 1. The summed E-state index contributed by atoms with van der Waals surface area (Å²) in [5.41, 5.74) is 2.80. The molecule has 0 aliphatic carbocycles. The molecule has 1 saturated heterocycles. The molecule has 0 unspecified atom stereocenters. The standard InChI is InChI=1S/C19H21BrN6O/c1-12-13(2)23-19-21-11-22-26(19)18(12)25-9-5-6-14(10-25)17(27)24-16-8-4-3-7-15(16)20/h3-4,7-8,11,14H,5-6,9-10H2,1-2H3,(H,24,27)/t14-/m0/s1. The van der Waals surface area contributed by atoms with Gasteiger partial charge in [0, 0.05) is 28.8 Å². The average Bonchev–Trinajstić information content (AvgIpc) is 3.12. The van der Waals surface area contributed by atoms with Crippen molar-refractivity contribution in [2.45, 2.75) is 26.7 Å². The van der Waals surface area contributed by atoms with Gasteiger partial charge in [-0.2, -0.15) is 14.6 Å². The molecule has 7 nitrogen and oxygen atoms in total. The number of nitrogens with zero attached hydrogens (tertiary/aromatic N) is 5. The third-order valence-electron chi connectivity index (χ3n) is 5.10. The fourth-order valence-corrected chi connectivity index (χ4v) is 3.95. The zero-order valence-corrected chi connectivity index (χ0v) is 16.9. The van der Waals surface area contributed by atoms with Crippen LogP contribution in [0.1, 0.15) is 24.1 Å². The summed E-state index contributed by atoms with van der Waals surface area (Å²) in [7, 11) is 0. The second-order valence-corrected chi connectivity index (χ2v) is 7.73. The minimum Gasteiger partial charge on any atom is -0.355 e. The van der Waals surface area contributed by atoms with Crippen molar-refractivity contribution in [2.24, 2.45) is 5.92 Å². The smallest absolute Gasteiger partial charge is 0.254 e. The monoisotopic (exact) mass is 428 g/mol. The first-order chi connectivity index (χ1) is 13.0. The predicted molar refractivity (Wildman–Crippen MR) is 108 cm³/mol. The molecule has 2 aromatic heterocycles. The first-order valence-electron chi connectivity index (χ1n) is 9.02. The molecule has 1 atom stereocenters. The number of halogens is 1. The van der Waals surface area contributed by atoms with E-state index in [4.69, 9.17) is 0 Å². The molecule has 1 N–H and O–H groups in total. The minimum atomic E-state index is -0.0858. The number of nitrogens with one attached hydrogen (secondary N) is 1. The largest absolute Gasteiger partial charge is 0.355 e. The molecule has 3 aromatic rings. The fraction of sp³-hybridized carbons (Fsp3) is 0.368. The number of aromatic nitrogens is 4. The highest BCUT2D eigenvalue weighted by molar-refractivity contribution is 9.10. The third-order valence-corrected chi connectivity index (χ3v) is 5.79. The number of aryl methyl sites for hydroxylation is 1. The Balaban J connectivity index is 1.59. The minimum absolute atomic E-state index is 0.0462. The van der Waals surface area contributed by atoms with Gasteiger partial charge in [0.1, 0.15) is 12.1 Å². The Morgan fingerprint density at radius 2 is 2.11 bits per heavy atom. The maximum atomic E-state index is 12.9. The van der Waals surface area contributed by atoms with E-state index in [1.165, 1.54) is 6.33 Å². The van der Waals surface area contributed by atoms with Crippen LogP contribution in [0.5, 0.6) is 0 Å². The number of hydrogen-bond donors (Lipinski definition) is 1. The normalized spacial score (nSPS) is 17.3. The molecule has 1 fully saturated rings. The van der Waals surface area contributed by atoms with Gasteiger partial charge in [0.15, 0.2) is 0 Å². The predicted octanol–water partition coefficient (Wildman–Crippen LogP) is 3.36. The van der Waals surface area contributed by atoms with Gasteiger partial charge in [-0.1, -0.05) is 12.1 Å². The zero-order chi connectivity index (χ0) is 19.0. The molecular weight excluding hydrogens is 408 g/mol. The SMILES string of the molecule is Cc1nc2ncnn2c(N2CCC[C@H](C(=O)Nc3ccccc3Br)C2)c1C. The van der Waals surface area contributed by atoms with Crippen LogP contribution in [0.4, 0.5) is 11.5 Å². The van der Waals surface area contributed by atoms with E-state index in [2.05, 4.69) is 41.2 Å². The summed E-state index contributed by atoms with van der Waals surface area (Å²) in [6.07, 6.45) is 3.34. The molecule has 1 aromatic carbocycles. The topological polar surface area (TPSA) is 75.4 Å². The summed E-state index contributed by atoms with van der Waals surface area (Å²) in [5, 5.41) is 7.39. The lowest BCUT2D eigenvalue weighted by Crippen LogP contribution is -2.42. The van der Waals surface area contributed by atoms with Crippen molar-refractivity contribution in [3.8, 4) is 0 Å². The average molecular weight is 429 g/mol. The van der Waals surface area contributed by atoms with E-state index in [-0.39, 0.29) is 11.8 Å². The summed E-state index contributed by atoms with van der Waals surface area (Å²) in [6, 6.07) is 7.67. The van der Waals surface area contributed by atoms with E-state index in [0.717, 1.165) is 46.6 Å². The molecule has 0 spiro atoms. The molecule has 3 heterocycles. The van der Waals surface area contributed by atoms with Crippen LogP contribution in [0.25, 0.3) is 5.78 Å². The molecule has 8 heteroatoms. The highest BCUT2D eigenvalue weighted by atomic mass is 79.9. The summed E-state index contributed by atoms with van der Waals surface area (Å²) in [5.74, 6) is 1.53. The van der Waals surface area contributed by atoms with Gasteiger partial charge < -0.3 is 10.2 Å². The van der Waals surface area contributed by atoms with E-state index < -0.39 is 0 Å². The molecule has 0 bridgehead atoms. The first-order valence-corrected chi connectivity index (χ1v) is 9.81. The summed E-state index contributed by atoms with van der Waals surface area (Å²) in [6.45, 7) is 5.56. The highest BCUT2D eigenvalue weighted by Crippen LogP contribution is 2.29. The molecule has 1 amide bonds. The Hall–Kier alpha value is -2.48.